The molecule has 2 unspecified atom stereocenters. The van der Waals surface area contributed by atoms with Crippen LogP contribution in [0.3, 0.4) is 0 Å². The fourth-order valence-electron chi connectivity index (χ4n) is 11.3. The summed E-state index contributed by atoms with van der Waals surface area (Å²) in [7, 11) is -9.92. The number of esters is 4. The van der Waals surface area contributed by atoms with E-state index >= 15 is 0 Å². The van der Waals surface area contributed by atoms with Crippen LogP contribution in [0.5, 0.6) is 0 Å². The van der Waals surface area contributed by atoms with E-state index in [0.29, 0.717) is 31.6 Å². The number of hydrogen-bond donors (Lipinski definition) is 3. The molecule has 0 bridgehead atoms. The molecule has 17 nitrogen and oxygen atoms in total. The summed E-state index contributed by atoms with van der Waals surface area (Å²) in [4.78, 5) is 72.8. The highest BCUT2D eigenvalue weighted by Crippen LogP contribution is 2.45. The van der Waals surface area contributed by atoms with E-state index in [1.54, 1.807) is 0 Å². The average Bonchev–Trinajstić information content (AvgIpc) is 2.99. The van der Waals surface area contributed by atoms with Crippen molar-refractivity contribution in [3.8, 4) is 0 Å². The fourth-order valence-corrected chi connectivity index (χ4v) is 12.9. The van der Waals surface area contributed by atoms with E-state index in [1.165, 1.54) is 167 Å². The van der Waals surface area contributed by atoms with Crippen LogP contribution in [0.1, 0.15) is 375 Å². The zero-order valence-electron chi connectivity index (χ0n) is 62.2. The smallest absolute Gasteiger partial charge is 0.462 e. The molecular weight excluding hydrogens is 1260 g/mol. The van der Waals surface area contributed by atoms with E-state index in [9.17, 15) is 43.2 Å². The van der Waals surface area contributed by atoms with Gasteiger partial charge in [0.25, 0.3) is 0 Å². The summed E-state index contributed by atoms with van der Waals surface area (Å²) in [6.45, 7) is 9.50. The maximum atomic E-state index is 13.1. The molecule has 0 aromatic rings. The van der Waals surface area contributed by atoms with Crippen molar-refractivity contribution in [2.24, 2.45) is 11.8 Å². The Bertz CT molecular complexity index is 1950. The Kier molecular flexibility index (Phi) is 66.6. The van der Waals surface area contributed by atoms with Crippen molar-refractivity contribution in [2.45, 2.75) is 394 Å². The molecule has 0 aliphatic carbocycles. The maximum Gasteiger partial charge on any atom is 0.472 e. The highest BCUT2D eigenvalue weighted by molar-refractivity contribution is 7.47. The van der Waals surface area contributed by atoms with E-state index in [-0.39, 0.29) is 25.7 Å². The topological polar surface area (TPSA) is 237 Å². The maximum absolute atomic E-state index is 13.1. The van der Waals surface area contributed by atoms with Crippen LogP contribution in [0, 0.1) is 11.8 Å². The molecule has 96 heavy (non-hydrogen) atoms. The van der Waals surface area contributed by atoms with Gasteiger partial charge >= 0.3 is 39.5 Å². The van der Waals surface area contributed by atoms with Gasteiger partial charge in [-0.3, -0.25) is 37.3 Å². The minimum Gasteiger partial charge on any atom is -0.462 e. The lowest BCUT2D eigenvalue weighted by Crippen LogP contribution is -2.30. The summed E-state index contributed by atoms with van der Waals surface area (Å²) in [5.74, 6) is -0.657. The third-order valence-corrected chi connectivity index (χ3v) is 19.2. The van der Waals surface area contributed by atoms with Crippen molar-refractivity contribution in [3.05, 3.63) is 24.3 Å². The molecule has 0 aliphatic rings. The number of aliphatic hydroxyl groups excluding tert-OH is 1. The third kappa shape index (κ3) is 70.0. The molecule has 0 amide bonds. The first-order valence-electron chi connectivity index (χ1n) is 39.3. The average molecular weight is 1410 g/mol. The second-order valence-corrected chi connectivity index (χ2v) is 30.9. The molecule has 0 rings (SSSR count). The Balaban J connectivity index is 5.29. The second kappa shape index (κ2) is 68.3. The molecule has 0 saturated heterocycles. The van der Waals surface area contributed by atoms with Gasteiger partial charge < -0.3 is 33.8 Å². The lowest BCUT2D eigenvalue weighted by Gasteiger charge is -2.21. The number of aliphatic hydroxyl groups is 1. The summed E-state index contributed by atoms with van der Waals surface area (Å²) < 4.78 is 68.5. The Morgan fingerprint density at radius 3 is 0.854 bits per heavy atom. The predicted molar refractivity (Wildman–Crippen MR) is 391 cm³/mol. The molecule has 0 aromatic heterocycles. The van der Waals surface area contributed by atoms with Gasteiger partial charge in [-0.2, -0.15) is 0 Å². The van der Waals surface area contributed by atoms with Crippen molar-refractivity contribution >= 4 is 39.5 Å². The molecule has 3 N–H and O–H groups in total. The van der Waals surface area contributed by atoms with Crippen LogP contribution in [0.15, 0.2) is 24.3 Å². The Morgan fingerprint density at radius 1 is 0.323 bits per heavy atom. The fraction of sp³-hybridized carbons (Fsp3) is 0.896. The monoisotopic (exact) mass is 1410 g/mol. The first-order chi connectivity index (χ1) is 46.4. The van der Waals surface area contributed by atoms with Crippen molar-refractivity contribution < 1.29 is 80.2 Å². The number of carbonyl (C=O) groups excluding carboxylic acids is 4. The lowest BCUT2D eigenvalue weighted by molar-refractivity contribution is -0.161. The lowest BCUT2D eigenvalue weighted by atomic mass is 10.0. The van der Waals surface area contributed by atoms with Crippen LogP contribution in [-0.2, 0) is 65.4 Å². The largest absolute Gasteiger partial charge is 0.472 e. The van der Waals surface area contributed by atoms with Crippen LogP contribution >= 0.6 is 15.6 Å². The summed E-state index contributed by atoms with van der Waals surface area (Å²) in [5.41, 5.74) is 0. The number of unbranched alkanes of at least 4 members (excludes halogenated alkanes) is 41. The van der Waals surface area contributed by atoms with Crippen molar-refractivity contribution in [1.29, 1.82) is 0 Å². The van der Waals surface area contributed by atoms with E-state index in [2.05, 4.69) is 65.8 Å². The molecular formula is C77H146O17P2. The summed E-state index contributed by atoms with van der Waals surface area (Å²) in [6.07, 6.45) is 59.1. The molecule has 0 radical (unpaired) electrons. The van der Waals surface area contributed by atoms with E-state index in [0.717, 1.165) is 121 Å². The van der Waals surface area contributed by atoms with Gasteiger partial charge in [0.2, 0.25) is 0 Å². The van der Waals surface area contributed by atoms with E-state index in [1.807, 2.05) is 0 Å². The van der Waals surface area contributed by atoms with Gasteiger partial charge in [0, 0.05) is 25.7 Å². The SMILES string of the molecule is CCCCCC/C=C\C=C/CCCCCCCC(=O)OC[C@H](COP(=O)(O)OC[C@@H](O)COP(=O)(O)OC[C@@H](COC(=O)CCCCCCCCCC(C)C)OC(=O)CCCCCCCCCCCCCCCCC)OC(=O)CCCCCCCCCCCCCCCC(C)C. The molecule has 0 spiro atoms. The first-order valence-corrected chi connectivity index (χ1v) is 42.3. The molecule has 0 aliphatic heterocycles. The van der Waals surface area contributed by atoms with Crippen LogP contribution in [0.2, 0.25) is 0 Å². The van der Waals surface area contributed by atoms with Crippen molar-refractivity contribution in [1.82, 2.24) is 0 Å². The number of phosphoric acid groups is 2. The normalized spacial score (nSPS) is 14.2. The second-order valence-electron chi connectivity index (χ2n) is 28.0. The molecule has 19 heteroatoms. The van der Waals surface area contributed by atoms with Gasteiger partial charge in [-0.1, -0.05) is 323 Å². The zero-order valence-corrected chi connectivity index (χ0v) is 63.9. The standard InChI is InChI=1S/C77H146O17P2/c1-7-9-11-13-15-17-19-21-23-27-31-35-41-47-53-59-74(79)87-65-72(93-76(81)62-56-50-43-37-33-29-25-26-30-34-39-45-51-57-69(3)4)67-91-95(83,84)89-63-71(78)64-90-96(85,86)92-68-73(66-88-75(80)60-54-48-44-38-40-46-52-58-70(5)6)94-77(82)61-55-49-42-36-32-28-24-22-20-18-16-14-12-10-8-2/h17,19,21,23,69-73,78H,7-16,18,20,22,24-68H2,1-6H3,(H,83,84)(H,85,86)/b19-17-,23-21-/t71-,72-,73-/m1/s1. The van der Waals surface area contributed by atoms with E-state index in [4.69, 9.17) is 37.0 Å². The minimum atomic E-state index is -4.97. The van der Waals surface area contributed by atoms with Gasteiger partial charge in [0.1, 0.15) is 19.3 Å². The van der Waals surface area contributed by atoms with Crippen molar-refractivity contribution in [3.63, 3.8) is 0 Å². The van der Waals surface area contributed by atoms with Gasteiger partial charge in [0.05, 0.1) is 26.4 Å². The van der Waals surface area contributed by atoms with Crippen LogP contribution in [-0.4, -0.2) is 96.7 Å². The number of rotatable bonds is 74. The molecule has 566 valence electrons. The highest BCUT2D eigenvalue weighted by atomic mass is 31.2. The first kappa shape index (κ1) is 93.5. The third-order valence-electron chi connectivity index (χ3n) is 17.3. The number of hydrogen-bond acceptors (Lipinski definition) is 15. The van der Waals surface area contributed by atoms with Gasteiger partial charge in [-0.05, 0) is 63.2 Å². The van der Waals surface area contributed by atoms with Crippen molar-refractivity contribution in [2.75, 3.05) is 39.6 Å². The Hall–Kier alpha value is -2.46. The molecule has 0 saturated carbocycles. The molecule has 0 fully saturated rings. The highest BCUT2D eigenvalue weighted by Gasteiger charge is 2.30. The number of allylic oxidation sites excluding steroid dienone is 4. The summed E-state index contributed by atoms with van der Waals surface area (Å²) in [5, 5.41) is 10.6. The van der Waals surface area contributed by atoms with Gasteiger partial charge in [-0.15, -0.1) is 0 Å². The molecule has 0 aromatic carbocycles. The van der Waals surface area contributed by atoms with Gasteiger partial charge in [0.15, 0.2) is 12.2 Å². The van der Waals surface area contributed by atoms with E-state index < -0.39 is 97.5 Å². The summed E-state index contributed by atoms with van der Waals surface area (Å²) >= 11 is 0. The Morgan fingerprint density at radius 2 is 0.562 bits per heavy atom. The molecule has 5 atom stereocenters. The number of ether oxygens (including phenoxy) is 4. The Labute approximate surface area is 586 Å². The zero-order chi connectivity index (χ0) is 70.7. The quantitative estimate of drug-likeness (QED) is 0.0169. The summed E-state index contributed by atoms with van der Waals surface area (Å²) in [6, 6.07) is 0. The number of carbonyl (C=O) groups is 4. The van der Waals surface area contributed by atoms with Crippen LogP contribution < -0.4 is 0 Å². The number of phosphoric ester groups is 2. The molecule has 0 heterocycles. The predicted octanol–water partition coefficient (Wildman–Crippen LogP) is 22.3. The van der Waals surface area contributed by atoms with Gasteiger partial charge in [-0.25, -0.2) is 9.13 Å². The van der Waals surface area contributed by atoms with Crippen LogP contribution in [0.4, 0.5) is 0 Å². The minimum absolute atomic E-state index is 0.100. The van der Waals surface area contributed by atoms with Crippen LogP contribution in [0.25, 0.3) is 0 Å².